The van der Waals surface area contributed by atoms with Crippen molar-refractivity contribution in [3.05, 3.63) is 90.5 Å². The maximum Gasteiger partial charge on any atom is 0.248 e. The number of benzene rings is 3. The molecule has 0 radical (unpaired) electrons. The Bertz CT molecular complexity index is 868. The second kappa shape index (κ2) is 7.97. The maximum atomic E-state index is 12.1. The van der Waals surface area contributed by atoms with E-state index in [4.69, 9.17) is 4.74 Å². The van der Waals surface area contributed by atoms with Gasteiger partial charge in [0.25, 0.3) is 0 Å². The van der Waals surface area contributed by atoms with E-state index in [2.05, 4.69) is 17.4 Å². The van der Waals surface area contributed by atoms with Crippen molar-refractivity contribution >= 4 is 17.7 Å². The number of ether oxygens (including phenoxy) is 1. The molecule has 0 spiro atoms. The molecule has 0 aliphatic heterocycles. The lowest BCUT2D eigenvalue weighted by molar-refractivity contribution is -0.111. The Morgan fingerprint density at radius 3 is 2.20 bits per heavy atom. The van der Waals surface area contributed by atoms with Crippen LogP contribution in [0.3, 0.4) is 0 Å². The third kappa shape index (κ3) is 4.36. The topological polar surface area (TPSA) is 38.3 Å². The number of methoxy groups -OCH3 is 1. The first-order valence-corrected chi connectivity index (χ1v) is 8.04. The Morgan fingerprint density at radius 2 is 1.48 bits per heavy atom. The van der Waals surface area contributed by atoms with E-state index in [1.54, 1.807) is 13.2 Å². The number of para-hydroxylation sites is 1. The van der Waals surface area contributed by atoms with Crippen molar-refractivity contribution in [2.45, 2.75) is 0 Å². The van der Waals surface area contributed by atoms with Crippen LogP contribution in [0.1, 0.15) is 5.56 Å². The molecule has 25 heavy (non-hydrogen) atoms. The van der Waals surface area contributed by atoms with Gasteiger partial charge in [-0.3, -0.25) is 4.79 Å². The molecule has 1 amide bonds. The zero-order chi connectivity index (χ0) is 17.5. The number of rotatable bonds is 5. The average molecular weight is 329 g/mol. The van der Waals surface area contributed by atoms with Crippen molar-refractivity contribution in [1.29, 1.82) is 0 Å². The maximum absolute atomic E-state index is 12.1. The lowest BCUT2D eigenvalue weighted by atomic mass is 10.1. The molecule has 0 atom stereocenters. The fourth-order valence-corrected chi connectivity index (χ4v) is 2.53. The standard InChI is InChI=1S/C22H19NO2/c1-25-21-10-6-5-9-19(21)13-16-22(24)23-20-14-11-18(12-15-20)17-7-3-2-4-8-17/h2-16H,1H3,(H,23,24)/b16-13+. The van der Waals surface area contributed by atoms with Gasteiger partial charge in [0, 0.05) is 17.3 Å². The molecular weight excluding hydrogens is 310 g/mol. The van der Waals surface area contributed by atoms with E-state index in [0.717, 1.165) is 28.1 Å². The van der Waals surface area contributed by atoms with Crippen LogP contribution in [-0.4, -0.2) is 13.0 Å². The number of nitrogens with one attached hydrogen (secondary N) is 1. The molecule has 0 aromatic heterocycles. The van der Waals surface area contributed by atoms with Gasteiger partial charge < -0.3 is 10.1 Å². The third-order valence-corrected chi connectivity index (χ3v) is 3.81. The molecule has 0 fully saturated rings. The van der Waals surface area contributed by atoms with Crippen LogP contribution >= 0.6 is 0 Å². The highest BCUT2D eigenvalue weighted by Gasteiger charge is 2.01. The van der Waals surface area contributed by atoms with Gasteiger partial charge in [-0.25, -0.2) is 0 Å². The fourth-order valence-electron chi connectivity index (χ4n) is 2.53. The summed E-state index contributed by atoms with van der Waals surface area (Å²) in [7, 11) is 1.61. The Hall–Kier alpha value is -3.33. The summed E-state index contributed by atoms with van der Waals surface area (Å²) in [5.74, 6) is 0.553. The quantitative estimate of drug-likeness (QED) is 0.668. The minimum atomic E-state index is -0.182. The predicted molar refractivity (Wildman–Crippen MR) is 103 cm³/mol. The molecule has 0 unspecified atom stereocenters. The first kappa shape index (κ1) is 16.5. The Morgan fingerprint density at radius 1 is 0.840 bits per heavy atom. The van der Waals surface area contributed by atoms with E-state index in [9.17, 15) is 4.79 Å². The van der Waals surface area contributed by atoms with E-state index in [1.165, 1.54) is 6.08 Å². The molecule has 0 bridgehead atoms. The van der Waals surface area contributed by atoms with E-state index in [0.29, 0.717) is 0 Å². The smallest absolute Gasteiger partial charge is 0.248 e. The molecule has 3 heteroatoms. The van der Waals surface area contributed by atoms with Crippen LogP contribution in [0, 0.1) is 0 Å². The second-order valence-electron chi connectivity index (χ2n) is 5.51. The minimum absolute atomic E-state index is 0.182. The van der Waals surface area contributed by atoms with Crippen LogP contribution in [0.2, 0.25) is 0 Å². The summed E-state index contributed by atoms with van der Waals surface area (Å²) in [6.45, 7) is 0. The van der Waals surface area contributed by atoms with Crippen LogP contribution < -0.4 is 10.1 Å². The second-order valence-corrected chi connectivity index (χ2v) is 5.51. The lowest BCUT2D eigenvalue weighted by Crippen LogP contribution is -2.07. The first-order chi connectivity index (χ1) is 12.3. The van der Waals surface area contributed by atoms with Gasteiger partial charge in [-0.1, -0.05) is 60.7 Å². The molecule has 0 aliphatic carbocycles. The first-order valence-electron chi connectivity index (χ1n) is 8.04. The van der Waals surface area contributed by atoms with Crippen LogP contribution in [0.5, 0.6) is 5.75 Å². The SMILES string of the molecule is COc1ccccc1/C=C/C(=O)Nc1ccc(-c2ccccc2)cc1. The fraction of sp³-hybridized carbons (Fsp3) is 0.0455. The van der Waals surface area contributed by atoms with E-state index in [-0.39, 0.29) is 5.91 Å². The average Bonchev–Trinajstić information content (AvgIpc) is 2.68. The van der Waals surface area contributed by atoms with Gasteiger partial charge in [0.2, 0.25) is 5.91 Å². The monoisotopic (exact) mass is 329 g/mol. The number of anilines is 1. The lowest BCUT2D eigenvalue weighted by Gasteiger charge is -2.06. The van der Waals surface area contributed by atoms with E-state index >= 15 is 0 Å². The van der Waals surface area contributed by atoms with Crippen LogP contribution in [0.4, 0.5) is 5.69 Å². The van der Waals surface area contributed by atoms with Gasteiger partial charge in [0.1, 0.15) is 5.75 Å². The number of amides is 1. The van der Waals surface area contributed by atoms with Gasteiger partial charge in [-0.2, -0.15) is 0 Å². The molecule has 0 heterocycles. The minimum Gasteiger partial charge on any atom is -0.496 e. The molecular formula is C22H19NO2. The van der Waals surface area contributed by atoms with Crippen molar-refractivity contribution in [3.63, 3.8) is 0 Å². The number of carbonyl (C=O) groups excluding carboxylic acids is 1. The number of hydrogen-bond donors (Lipinski definition) is 1. The Balaban J connectivity index is 1.66. The van der Waals surface area contributed by atoms with Gasteiger partial charge >= 0.3 is 0 Å². The third-order valence-electron chi connectivity index (χ3n) is 3.81. The summed E-state index contributed by atoms with van der Waals surface area (Å²) in [5.41, 5.74) is 3.88. The van der Waals surface area contributed by atoms with Gasteiger partial charge in [0.05, 0.1) is 7.11 Å². The summed E-state index contributed by atoms with van der Waals surface area (Å²) in [6, 6.07) is 25.5. The Labute approximate surface area is 147 Å². The predicted octanol–water partition coefficient (Wildman–Crippen LogP) is 5.01. The molecule has 1 N–H and O–H groups in total. The van der Waals surface area contributed by atoms with E-state index < -0.39 is 0 Å². The number of hydrogen-bond acceptors (Lipinski definition) is 2. The summed E-state index contributed by atoms with van der Waals surface area (Å²) in [6.07, 6.45) is 3.25. The largest absolute Gasteiger partial charge is 0.496 e. The molecule has 0 aliphatic rings. The summed E-state index contributed by atoms with van der Waals surface area (Å²) >= 11 is 0. The van der Waals surface area contributed by atoms with Gasteiger partial charge in [0.15, 0.2) is 0 Å². The van der Waals surface area contributed by atoms with E-state index in [1.807, 2.05) is 66.7 Å². The van der Waals surface area contributed by atoms with Crippen molar-refractivity contribution in [3.8, 4) is 16.9 Å². The summed E-state index contributed by atoms with van der Waals surface area (Å²) < 4.78 is 5.27. The molecule has 3 nitrogen and oxygen atoms in total. The zero-order valence-corrected chi connectivity index (χ0v) is 14.0. The summed E-state index contributed by atoms with van der Waals surface area (Å²) in [5, 5.41) is 2.86. The van der Waals surface area contributed by atoms with Gasteiger partial charge in [-0.15, -0.1) is 0 Å². The normalized spacial score (nSPS) is 10.6. The highest BCUT2D eigenvalue weighted by atomic mass is 16.5. The molecule has 3 aromatic rings. The van der Waals surface area contributed by atoms with Gasteiger partial charge in [-0.05, 0) is 35.4 Å². The van der Waals surface area contributed by atoms with Crippen molar-refractivity contribution in [2.24, 2.45) is 0 Å². The highest BCUT2D eigenvalue weighted by molar-refractivity contribution is 6.02. The molecule has 3 aromatic carbocycles. The van der Waals surface area contributed by atoms with Crippen LogP contribution in [0.15, 0.2) is 84.9 Å². The van der Waals surface area contributed by atoms with Crippen molar-refractivity contribution < 1.29 is 9.53 Å². The van der Waals surface area contributed by atoms with Crippen LogP contribution in [0.25, 0.3) is 17.2 Å². The van der Waals surface area contributed by atoms with Crippen molar-refractivity contribution in [2.75, 3.05) is 12.4 Å². The summed E-state index contributed by atoms with van der Waals surface area (Å²) in [4.78, 5) is 12.1. The molecule has 0 saturated carbocycles. The number of carbonyl (C=O) groups is 1. The zero-order valence-electron chi connectivity index (χ0n) is 14.0. The van der Waals surface area contributed by atoms with Crippen molar-refractivity contribution in [1.82, 2.24) is 0 Å². The molecule has 124 valence electrons. The van der Waals surface area contributed by atoms with Crippen LogP contribution in [-0.2, 0) is 4.79 Å². The highest BCUT2D eigenvalue weighted by Crippen LogP contribution is 2.21. The Kier molecular flexibility index (Phi) is 5.27. The molecule has 3 rings (SSSR count). The molecule has 0 saturated heterocycles.